The van der Waals surface area contributed by atoms with Gasteiger partial charge in [0.2, 0.25) is 0 Å². The Bertz CT molecular complexity index is 3690. The minimum atomic E-state index is -0.0300. The Balaban J connectivity index is 1.07. The van der Waals surface area contributed by atoms with Gasteiger partial charge in [-0.1, -0.05) is 39.0 Å². The number of pyridine rings is 1. The van der Waals surface area contributed by atoms with Gasteiger partial charge in [0.1, 0.15) is 0 Å². The van der Waals surface area contributed by atoms with Crippen molar-refractivity contribution in [1.82, 2.24) is 18.7 Å². The first-order valence-electron chi connectivity index (χ1n) is 25.2. The number of hydrogen-bond acceptors (Lipinski definition) is 2. The number of aromatic nitrogens is 4. The number of hydrogen-bond donors (Lipinski definition) is 0. The summed E-state index contributed by atoms with van der Waals surface area (Å²) in [4.78, 5) is 4.91. The molecule has 0 aliphatic heterocycles. The van der Waals surface area contributed by atoms with Crippen molar-refractivity contribution in [2.24, 2.45) is 0 Å². The molecule has 3 heterocycles. The van der Waals surface area contributed by atoms with Gasteiger partial charge in [0.15, 0.2) is 0 Å². The summed E-state index contributed by atoms with van der Waals surface area (Å²) in [6, 6.07) is 63.1. The molecule has 7 aromatic carbocycles. The number of ether oxygens (including phenoxy) is 1. The van der Waals surface area contributed by atoms with Crippen molar-refractivity contribution in [3.05, 3.63) is 202 Å². The molecule has 0 N–H and O–H groups in total. The van der Waals surface area contributed by atoms with Gasteiger partial charge in [0.05, 0.1) is 0 Å². The van der Waals surface area contributed by atoms with E-state index in [0.717, 1.165) is 57.1 Å². The third-order valence-corrected chi connectivity index (χ3v) is 15.6. The number of para-hydroxylation sites is 4. The molecular weight excluding hydrogens is 1050 g/mol. The number of imidazole rings is 1. The van der Waals surface area contributed by atoms with Gasteiger partial charge in [-0.2, -0.15) is 0 Å². The van der Waals surface area contributed by atoms with Crippen molar-refractivity contribution in [2.45, 2.75) is 110 Å². The molecule has 0 amide bonds. The molecule has 1 unspecified atom stereocenters. The summed E-state index contributed by atoms with van der Waals surface area (Å²) in [7, 11) is 0. The van der Waals surface area contributed by atoms with E-state index in [1.165, 1.54) is 66.8 Å². The zero-order valence-electron chi connectivity index (χ0n) is 42.4. The van der Waals surface area contributed by atoms with Gasteiger partial charge >= 0.3 is 353 Å². The van der Waals surface area contributed by atoms with E-state index in [1.54, 1.807) is 0 Å². The third-order valence-electron chi connectivity index (χ3n) is 14.5. The number of aryl methyl sites for hydroxylation is 1. The van der Waals surface area contributed by atoms with Crippen LogP contribution in [0.4, 0.5) is 0 Å². The SMILES string of the molecule is CC(C)(C)c1cc(-c2cccc(-c3ccccc3)c2-n2[c](=[Pt])n(C3CCCCc4ccc(Oc5[c-]c6c(cc5)c5ccccc5n6-c5cc(C(C)(C)C)ccn5)[c-]c43)c3ccccc32)cc(C(C)(C)C)c1. The van der Waals surface area contributed by atoms with Crippen LogP contribution in [0.15, 0.2) is 158 Å². The average Bonchev–Trinajstić information content (AvgIpc) is 3.74. The third kappa shape index (κ3) is 8.65. The predicted molar refractivity (Wildman–Crippen MR) is 290 cm³/mol. The first-order chi connectivity index (χ1) is 34.0. The number of benzene rings is 7. The summed E-state index contributed by atoms with van der Waals surface area (Å²) < 4.78 is 15.4. The summed E-state index contributed by atoms with van der Waals surface area (Å²) in [5.74, 6) is 2.20. The zero-order valence-corrected chi connectivity index (χ0v) is 44.7. The van der Waals surface area contributed by atoms with Crippen LogP contribution in [0.2, 0.25) is 0 Å². The predicted octanol–water partition coefficient (Wildman–Crippen LogP) is 16.9. The van der Waals surface area contributed by atoms with Crippen molar-refractivity contribution >= 4 is 32.8 Å². The molecule has 0 fully saturated rings. The maximum atomic E-state index is 6.87. The average molecular weight is 1110 g/mol. The Hall–Kier alpha value is -6.55. The van der Waals surface area contributed by atoms with Crippen LogP contribution in [0, 0.1) is 15.9 Å². The first kappa shape index (κ1) is 46.8. The van der Waals surface area contributed by atoms with Gasteiger partial charge in [0.25, 0.3) is 0 Å². The van der Waals surface area contributed by atoms with Gasteiger partial charge in [-0.15, -0.1) is 0 Å². The van der Waals surface area contributed by atoms with Gasteiger partial charge in [-0.25, -0.2) is 4.98 Å². The molecule has 1 aliphatic rings. The summed E-state index contributed by atoms with van der Waals surface area (Å²) in [6.45, 7) is 20.7. The van der Waals surface area contributed by atoms with Gasteiger partial charge in [-0.3, -0.25) is 0 Å². The van der Waals surface area contributed by atoms with Crippen LogP contribution >= 0.6 is 0 Å². The molecule has 0 bridgehead atoms. The molecule has 71 heavy (non-hydrogen) atoms. The second-order valence-corrected chi connectivity index (χ2v) is 23.5. The first-order valence-corrected chi connectivity index (χ1v) is 26.3. The van der Waals surface area contributed by atoms with E-state index in [4.69, 9.17) is 9.72 Å². The van der Waals surface area contributed by atoms with E-state index in [2.05, 4.69) is 253 Å². The van der Waals surface area contributed by atoms with Gasteiger partial charge in [-0.05, 0) is 29.2 Å². The quantitative estimate of drug-likeness (QED) is 0.118. The van der Waals surface area contributed by atoms with Crippen molar-refractivity contribution in [1.29, 1.82) is 0 Å². The molecule has 0 saturated heterocycles. The fourth-order valence-corrected chi connectivity index (χ4v) is 11.8. The number of fused-ring (bicyclic) bond motifs is 5. The van der Waals surface area contributed by atoms with Crippen molar-refractivity contribution < 1.29 is 24.1 Å². The fourth-order valence-electron chi connectivity index (χ4n) is 10.6. The Morgan fingerprint density at radius 3 is 1.90 bits per heavy atom. The van der Waals surface area contributed by atoms with Crippen molar-refractivity contribution in [2.75, 3.05) is 0 Å². The summed E-state index contributed by atoms with van der Waals surface area (Å²) in [6.07, 6.45) is 6.12. The molecule has 1 aliphatic carbocycles. The van der Waals surface area contributed by atoms with E-state index in [9.17, 15) is 0 Å². The second-order valence-electron chi connectivity index (χ2n) is 22.5. The molecule has 3 aromatic heterocycles. The molecule has 0 spiro atoms. The van der Waals surface area contributed by atoms with Crippen LogP contribution in [0.3, 0.4) is 0 Å². The summed E-state index contributed by atoms with van der Waals surface area (Å²) >= 11 is 2.62. The molecule has 360 valence electrons. The molecular formula is C65H62N4OPt-2. The number of nitrogens with zero attached hydrogens (tertiary/aromatic N) is 4. The molecule has 1 atom stereocenters. The van der Waals surface area contributed by atoms with Crippen LogP contribution < -0.4 is 4.74 Å². The molecule has 0 radical (unpaired) electrons. The van der Waals surface area contributed by atoms with E-state index in [1.807, 2.05) is 12.3 Å². The topological polar surface area (TPSA) is 36.9 Å². The van der Waals surface area contributed by atoms with Crippen LogP contribution in [-0.4, -0.2) is 18.7 Å². The van der Waals surface area contributed by atoms with Gasteiger partial charge < -0.3 is 0 Å². The molecule has 10 aromatic rings. The Kier molecular flexibility index (Phi) is 11.8. The van der Waals surface area contributed by atoms with Crippen LogP contribution in [0.5, 0.6) is 11.5 Å². The van der Waals surface area contributed by atoms with E-state index < -0.39 is 0 Å². The van der Waals surface area contributed by atoms with E-state index in [-0.39, 0.29) is 22.3 Å². The summed E-state index contributed by atoms with van der Waals surface area (Å²) in [5, 5.41) is 2.27. The molecule has 5 nitrogen and oxygen atoms in total. The van der Waals surface area contributed by atoms with Crippen molar-refractivity contribution in [3.8, 4) is 45.3 Å². The van der Waals surface area contributed by atoms with E-state index >= 15 is 0 Å². The second kappa shape index (κ2) is 17.9. The van der Waals surface area contributed by atoms with E-state index in [0.29, 0.717) is 11.5 Å². The summed E-state index contributed by atoms with van der Waals surface area (Å²) in [5.41, 5.74) is 16.7. The molecule has 0 saturated carbocycles. The van der Waals surface area contributed by atoms with Crippen LogP contribution in [-0.2, 0) is 42.0 Å². The van der Waals surface area contributed by atoms with Gasteiger partial charge in [0, 0.05) is 6.20 Å². The standard InChI is InChI=1S/C65H62N4O.Pt/c1-63(2,3)46-34-35-66-61(39-46)69-57-27-16-14-23-53(57)54-33-32-50(41-60(54)69)70-49-31-30-44-22-13-15-26-56(55(44)40-49)67-42-68(59-29-18-17-28-58(59)67)62-51(43-20-11-10-12-21-43)24-19-25-52(62)45-36-47(64(4,5)6)38-48(37-45)65(7,8)9;/h10-12,14,16-21,23-25,27-39,56H,13,15,22,26H2,1-9H3;/q-2;. The van der Waals surface area contributed by atoms with Crippen LogP contribution in [0.1, 0.15) is 115 Å². The van der Waals surface area contributed by atoms with Crippen LogP contribution in [0.25, 0.3) is 66.6 Å². The monoisotopic (exact) mass is 1110 g/mol. The fraction of sp³-hybridized carbons (Fsp3) is 0.262. The van der Waals surface area contributed by atoms with Crippen molar-refractivity contribution in [3.63, 3.8) is 0 Å². The maximum absolute atomic E-state index is 6.87. The Labute approximate surface area is 430 Å². The Morgan fingerprint density at radius 1 is 0.549 bits per heavy atom. The molecule has 6 heteroatoms. The minimum absolute atomic E-state index is 0.0221. The normalized spacial score (nSPS) is 14.5. The Morgan fingerprint density at radius 2 is 1.18 bits per heavy atom. The zero-order chi connectivity index (χ0) is 49.4. The number of rotatable bonds is 7. The molecule has 11 rings (SSSR count).